The molecule has 1 aromatic heterocycles. The number of aryl methyl sites for hydroxylation is 1. The monoisotopic (exact) mass is 314 g/mol. The molecule has 0 aliphatic heterocycles. The Morgan fingerprint density at radius 1 is 1.43 bits per heavy atom. The van der Waals surface area contributed by atoms with Crippen LogP contribution in [0.5, 0.6) is 0 Å². The molecule has 0 radical (unpaired) electrons. The Bertz CT molecular complexity index is 738. The van der Waals surface area contributed by atoms with Crippen LogP contribution in [0.3, 0.4) is 0 Å². The summed E-state index contributed by atoms with van der Waals surface area (Å²) in [6, 6.07) is 4.32. The van der Waals surface area contributed by atoms with Crippen LogP contribution in [0.15, 0.2) is 36.5 Å². The number of rotatable bonds is 4. The lowest BCUT2D eigenvalue weighted by Gasteiger charge is -2.13. The predicted molar refractivity (Wildman–Crippen MR) is 85.5 cm³/mol. The summed E-state index contributed by atoms with van der Waals surface area (Å²) in [5.41, 5.74) is 2.21. The number of nitrogens with zero attached hydrogens (tertiary/aromatic N) is 3. The van der Waals surface area contributed by atoms with Gasteiger partial charge in [-0.05, 0) is 43.9 Å². The summed E-state index contributed by atoms with van der Waals surface area (Å²) in [6.45, 7) is 1.88. The lowest BCUT2D eigenvalue weighted by Crippen LogP contribution is -2.19. The van der Waals surface area contributed by atoms with Crippen LogP contribution in [0.1, 0.15) is 36.4 Å². The van der Waals surface area contributed by atoms with Crippen molar-refractivity contribution in [2.24, 2.45) is 0 Å². The molecule has 3 rings (SSSR count). The number of nitrogens with one attached hydrogen (secondary N) is 1. The van der Waals surface area contributed by atoms with Crippen LogP contribution in [0.25, 0.3) is 0 Å². The van der Waals surface area contributed by atoms with Crippen LogP contribution in [0.4, 0.5) is 10.1 Å². The van der Waals surface area contributed by atoms with Gasteiger partial charge in [0.2, 0.25) is 5.91 Å². The minimum Gasteiger partial charge on any atom is -0.324 e. The number of carbonyl (C=O) groups excluding carboxylic acids is 1. The third kappa shape index (κ3) is 3.83. The highest BCUT2D eigenvalue weighted by atomic mass is 19.1. The van der Waals surface area contributed by atoms with Gasteiger partial charge in [0.05, 0.1) is 5.69 Å². The fourth-order valence-electron chi connectivity index (χ4n) is 2.71. The molecule has 120 valence electrons. The molecule has 6 heteroatoms. The van der Waals surface area contributed by atoms with Gasteiger partial charge in [0.15, 0.2) is 0 Å². The van der Waals surface area contributed by atoms with E-state index in [9.17, 15) is 9.18 Å². The largest absolute Gasteiger partial charge is 0.324 e. The van der Waals surface area contributed by atoms with Crippen molar-refractivity contribution in [2.45, 2.75) is 38.6 Å². The summed E-state index contributed by atoms with van der Waals surface area (Å²) in [7, 11) is 0. The number of anilines is 1. The Balaban J connectivity index is 1.63. The lowest BCUT2D eigenvalue weighted by atomic mass is 9.92. The first-order chi connectivity index (χ1) is 11.1. The number of hydrogen-bond acceptors (Lipinski definition) is 3. The van der Waals surface area contributed by atoms with E-state index in [0.717, 1.165) is 30.5 Å². The molecule has 1 aliphatic carbocycles. The van der Waals surface area contributed by atoms with E-state index in [1.165, 1.54) is 16.8 Å². The molecule has 1 atom stereocenters. The Labute approximate surface area is 134 Å². The molecule has 23 heavy (non-hydrogen) atoms. The molecule has 1 N–H and O–H groups in total. The van der Waals surface area contributed by atoms with Gasteiger partial charge in [-0.1, -0.05) is 23.4 Å². The van der Waals surface area contributed by atoms with Crippen LogP contribution >= 0.6 is 0 Å². The van der Waals surface area contributed by atoms with Gasteiger partial charge in [-0.2, -0.15) is 0 Å². The Morgan fingerprint density at radius 3 is 3.09 bits per heavy atom. The fraction of sp³-hybridized carbons (Fsp3) is 0.353. The molecule has 1 aromatic carbocycles. The van der Waals surface area contributed by atoms with Crippen LogP contribution in [-0.4, -0.2) is 20.9 Å². The number of aromatic nitrogens is 3. The SMILES string of the molecule is Cc1ccc(F)cc1NC(=O)Cn1cc([C@H]2CC=CCC2)nn1. The van der Waals surface area contributed by atoms with Gasteiger partial charge in [0.1, 0.15) is 12.4 Å². The molecule has 0 unspecified atom stereocenters. The summed E-state index contributed by atoms with van der Waals surface area (Å²) < 4.78 is 14.8. The third-order valence-corrected chi connectivity index (χ3v) is 4.02. The Morgan fingerprint density at radius 2 is 2.30 bits per heavy atom. The van der Waals surface area contributed by atoms with Gasteiger partial charge >= 0.3 is 0 Å². The smallest absolute Gasteiger partial charge is 0.246 e. The second-order valence-corrected chi connectivity index (χ2v) is 5.83. The molecule has 0 spiro atoms. The summed E-state index contributed by atoms with van der Waals surface area (Å²) in [4.78, 5) is 12.1. The van der Waals surface area contributed by atoms with Gasteiger partial charge in [-0.15, -0.1) is 5.10 Å². The first kappa shape index (κ1) is 15.4. The van der Waals surface area contributed by atoms with Crippen molar-refractivity contribution in [1.82, 2.24) is 15.0 Å². The molecule has 0 saturated carbocycles. The van der Waals surface area contributed by atoms with Crippen molar-refractivity contribution in [3.8, 4) is 0 Å². The number of hydrogen-bond donors (Lipinski definition) is 1. The first-order valence-corrected chi connectivity index (χ1v) is 7.73. The Kier molecular flexibility index (Phi) is 4.50. The van der Waals surface area contributed by atoms with E-state index in [1.54, 1.807) is 6.07 Å². The van der Waals surface area contributed by atoms with Crippen LogP contribution in [0, 0.1) is 12.7 Å². The van der Waals surface area contributed by atoms with E-state index >= 15 is 0 Å². The highest BCUT2D eigenvalue weighted by molar-refractivity contribution is 5.91. The van der Waals surface area contributed by atoms with Crippen molar-refractivity contribution in [3.05, 3.63) is 53.6 Å². The van der Waals surface area contributed by atoms with Crippen LogP contribution in [0.2, 0.25) is 0 Å². The molecule has 0 saturated heterocycles. The lowest BCUT2D eigenvalue weighted by molar-refractivity contribution is -0.116. The molecule has 0 fully saturated rings. The van der Waals surface area contributed by atoms with E-state index < -0.39 is 0 Å². The Hall–Kier alpha value is -2.50. The molecule has 1 amide bonds. The average molecular weight is 314 g/mol. The van der Waals surface area contributed by atoms with Crippen molar-refractivity contribution in [2.75, 3.05) is 5.32 Å². The zero-order chi connectivity index (χ0) is 16.2. The molecule has 2 aromatic rings. The van der Waals surface area contributed by atoms with E-state index in [-0.39, 0.29) is 18.3 Å². The maximum Gasteiger partial charge on any atom is 0.246 e. The van der Waals surface area contributed by atoms with E-state index in [1.807, 2.05) is 13.1 Å². The second kappa shape index (κ2) is 6.73. The standard InChI is InChI=1S/C17H19FN4O/c1-12-7-8-14(18)9-15(12)19-17(23)11-22-10-16(20-21-22)13-5-3-2-4-6-13/h2-3,7-10,13H,4-6,11H2,1H3,(H,19,23)/t13-/m0/s1. The molecule has 1 heterocycles. The third-order valence-electron chi connectivity index (χ3n) is 4.02. The van der Waals surface area contributed by atoms with Crippen LogP contribution < -0.4 is 5.32 Å². The second-order valence-electron chi connectivity index (χ2n) is 5.83. The zero-order valence-corrected chi connectivity index (χ0v) is 13.0. The quantitative estimate of drug-likeness (QED) is 0.882. The van der Waals surface area contributed by atoms with Gasteiger partial charge < -0.3 is 5.32 Å². The van der Waals surface area contributed by atoms with Gasteiger partial charge in [0, 0.05) is 17.8 Å². The van der Waals surface area contributed by atoms with Gasteiger partial charge in [-0.3, -0.25) is 4.79 Å². The van der Waals surface area contributed by atoms with Gasteiger partial charge in [-0.25, -0.2) is 9.07 Å². The number of allylic oxidation sites excluding steroid dienone is 2. The number of halogens is 1. The fourth-order valence-corrected chi connectivity index (χ4v) is 2.71. The predicted octanol–water partition coefficient (Wildman–Crippen LogP) is 3.19. The molecular weight excluding hydrogens is 295 g/mol. The molecule has 1 aliphatic rings. The number of amides is 1. The van der Waals surface area contributed by atoms with E-state index in [0.29, 0.717) is 11.6 Å². The van der Waals surface area contributed by atoms with Crippen molar-refractivity contribution in [1.29, 1.82) is 0 Å². The highest BCUT2D eigenvalue weighted by Crippen LogP contribution is 2.27. The molecular formula is C17H19FN4O. The topological polar surface area (TPSA) is 59.8 Å². The molecule has 5 nitrogen and oxygen atoms in total. The van der Waals surface area contributed by atoms with Crippen molar-refractivity contribution < 1.29 is 9.18 Å². The number of benzene rings is 1. The summed E-state index contributed by atoms with van der Waals surface area (Å²) in [6.07, 6.45) is 9.23. The van der Waals surface area contributed by atoms with Crippen molar-refractivity contribution >= 4 is 11.6 Å². The summed E-state index contributed by atoms with van der Waals surface area (Å²) in [5, 5.41) is 10.9. The highest BCUT2D eigenvalue weighted by Gasteiger charge is 2.16. The van der Waals surface area contributed by atoms with E-state index in [4.69, 9.17) is 0 Å². The first-order valence-electron chi connectivity index (χ1n) is 7.73. The van der Waals surface area contributed by atoms with E-state index in [2.05, 4.69) is 27.8 Å². The zero-order valence-electron chi connectivity index (χ0n) is 13.0. The minimum absolute atomic E-state index is 0.0610. The van der Waals surface area contributed by atoms with Crippen LogP contribution in [-0.2, 0) is 11.3 Å². The van der Waals surface area contributed by atoms with Gasteiger partial charge in [0.25, 0.3) is 0 Å². The average Bonchev–Trinajstić information content (AvgIpc) is 3.00. The normalized spacial score (nSPS) is 17.2. The number of carbonyl (C=O) groups is 1. The molecule has 0 bridgehead atoms. The maximum absolute atomic E-state index is 13.2. The van der Waals surface area contributed by atoms with Crippen molar-refractivity contribution in [3.63, 3.8) is 0 Å². The maximum atomic E-state index is 13.2. The summed E-state index contributed by atoms with van der Waals surface area (Å²) >= 11 is 0. The summed E-state index contributed by atoms with van der Waals surface area (Å²) in [5.74, 6) is -0.250. The minimum atomic E-state index is -0.376.